The van der Waals surface area contributed by atoms with Gasteiger partial charge in [-0.15, -0.1) is 0 Å². The molecule has 0 saturated heterocycles. The SMILES string of the molecule is O=C(O)Cc1ccc(OCc2nc(-c3ccco3)no2)cc1. The van der Waals surface area contributed by atoms with E-state index in [-0.39, 0.29) is 13.0 Å². The molecule has 0 amide bonds. The second-order valence-corrected chi connectivity index (χ2v) is 4.49. The van der Waals surface area contributed by atoms with E-state index in [1.54, 1.807) is 36.4 Å². The zero-order valence-electron chi connectivity index (χ0n) is 11.4. The van der Waals surface area contributed by atoms with Gasteiger partial charge >= 0.3 is 5.97 Å². The van der Waals surface area contributed by atoms with Gasteiger partial charge in [0.05, 0.1) is 12.7 Å². The summed E-state index contributed by atoms with van der Waals surface area (Å²) in [5, 5.41) is 12.5. The van der Waals surface area contributed by atoms with Crippen LogP contribution in [0.5, 0.6) is 5.75 Å². The quantitative estimate of drug-likeness (QED) is 0.746. The topological polar surface area (TPSA) is 98.6 Å². The van der Waals surface area contributed by atoms with Crippen LogP contribution in [0.4, 0.5) is 0 Å². The Morgan fingerprint density at radius 1 is 1.23 bits per heavy atom. The molecule has 0 aliphatic carbocycles. The van der Waals surface area contributed by atoms with Gasteiger partial charge in [-0.1, -0.05) is 17.3 Å². The fourth-order valence-corrected chi connectivity index (χ4v) is 1.84. The predicted octanol–water partition coefficient (Wildman–Crippen LogP) is 2.54. The van der Waals surface area contributed by atoms with Crippen LogP contribution < -0.4 is 4.74 Å². The first kappa shape index (κ1) is 13.9. The molecule has 0 spiro atoms. The first-order valence-corrected chi connectivity index (χ1v) is 6.51. The highest BCUT2D eigenvalue weighted by molar-refractivity contribution is 5.70. The molecule has 0 aliphatic rings. The number of furan rings is 1. The second kappa shape index (κ2) is 6.13. The summed E-state index contributed by atoms with van der Waals surface area (Å²) >= 11 is 0. The van der Waals surface area contributed by atoms with Crippen LogP contribution in [0, 0.1) is 0 Å². The molecule has 1 N–H and O–H groups in total. The lowest BCUT2D eigenvalue weighted by molar-refractivity contribution is -0.136. The van der Waals surface area contributed by atoms with Crippen LogP contribution in [0.15, 0.2) is 51.6 Å². The first-order valence-electron chi connectivity index (χ1n) is 6.51. The van der Waals surface area contributed by atoms with Crippen LogP contribution in [-0.4, -0.2) is 21.2 Å². The number of aliphatic carboxylic acids is 1. The monoisotopic (exact) mass is 300 g/mol. The van der Waals surface area contributed by atoms with Crippen molar-refractivity contribution in [2.45, 2.75) is 13.0 Å². The molecular formula is C15H12N2O5. The van der Waals surface area contributed by atoms with Crippen molar-refractivity contribution in [3.05, 3.63) is 54.1 Å². The van der Waals surface area contributed by atoms with Gasteiger partial charge in [0.15, 0.2) is 12.4 Å². The number of ether oxygens (including phenoxy) is 1. The number of hydrogen-bond donors (Lipinski definition) is 1. The van der Waals surface area contributed by atoms with Gasteiger partial charge in [-0.05, 0) is 29.8 Å². The lowest BCUT2D eigenvalue weighted by Crippen LogP contribution is -2.00. The molecule has 0 fully saturated rings. The summed E-state index contributed by atoms with van der Waals surface area (Å²) in [6.45, 7) is 0.117. The van der Waals surface area contributed by atoms with Crippen molar-refractivity contribution in [1.29, 1.82) is 0 Å². The second-order valence-electron chi connectivity index (χ2n) is 4.49. The largest absolute Gasteiger partial charge is 0.484 e. The van der Waals surface area contributed by atoms with E-state index in [2.05, 4.69) is 10.1 Å². The van der Waals surface area contributed by atoms with Crippen LogP contribution in [-0.2, 0) is 17.8 Å². The average molecular weight is 300 g/mol. The molecule has 112 valence electrons. The molecule has 0 atom stereocenters. The van der Waals surface area contributed by atoms with E-state index in [1.807, 2.05) is 0 Å². The number of carboxylic acids is 1. The molecule has 0 radical (unpaired) electrons. The van der Waals surface area contributed by atoms with Crippen molar-refractivity contribution in [2.75, 3.05) is 0 Å². The van der Waals surface area contributed by atoms with Crippen LogP contribution in [0.25, 0.3) is 11.6 Å². The van der Waals surface area contributed by atoms with Crippen LogP contribution in [0.1, 0.15) is 11.5 Å². The summed E-state index contributed by atoms with van der Waals surface area (Å²) in [5.41, 5.74) is 0.706. The summed E-state index contributed by atoms with van der Waals surface area (Å²) in [5.74, 6) is 0.923. The molecule has 22 heavy (non-hydrogen) atoms. The van der Waals surface area contributed by atoms with Gasteiger partial charge in [-0.2, -0.15) is 4.98 Å². The third-order valence-electron chi connectivity index (χ3n) is 2.85. The van der Waals surface area contributed by atoms with Crippen molar-refractivity contribution in [1.82, 2.24) is 10.1 Å². The normalized spacial score (nSPS) is 10.5. The minimum absolute atomic E-state index is 0.0174. The Labute approximate surface area is 125 Å². The number of aromatic nitrogens is 2. The number of hydrogen-bond acceptors (Lipinski definition) is 6. The maximum absolute atomic E-state index is 10.6. The number of carbonyl (C=O) groups is 1. The molecule has 2 heterocycles. The van der Waals surface area contributed by atoms with E-state index in [9.17, 15) is 4.79 Å². The molecule has 7 heteroatoms. The highest BCUT2D eigenvalue weighted by atomic mass is 16.5. The molecule has 0 unspecified atom stereocenters. The average Bonchev–Trinajstić information content (AvgIpc) is 3.17. The maximum Gasteiger partial charge on any atom is 0.307 e. The summed E-state index contributed by atoms with van der Waals surface area (Å²) in [6, 6.07) is 10.3. The Kier molecular flexibility index (Phi) is 3.86. The van der Waals surface area contributed by atoms with E-state index < -0.39 is 5.97 Å². The fourth-order valence-electron chi connectivity index (χ4n) is 1.84. The van der Waals surface area contributed by atoms with Crippen LogP contribution in [0.2, 0.25) is 0 Å². The Balaban J connectivity index is 1.59. The fraction of sp³-hybridized carbons (Fsp3) is 0.133. The Hall–Kier alpha value is -3.09. The van der Waals surface area contributed by atoms with Crippen molar-refractivity contribution >= 4 is 5.97 Å². The van der Waals surface area contributed by atoms with Crippen molar-refractivity contribution in [2.24, 2.45) is 0 Å². The number of rotatable bonds is 6. The third-order valence-corrected chi connectivity index (χ3v) is 2.85. The maximum atomic E-state index is 10.6. The van der Waals surface area contributed by atoms with Gasteiger partial charge in [-0.3, -0.25) is 4.79 Å². The molecule has 0 bridgehead atoms. The Morgan fingerprint density at radius 3 is 2.73 bits per heavy atom. The van der Waals surface area contributed by atoms with E-state index >= 15 is 0 Å². The number of nitrogens with zero attached hydrogens (tertiary/aromatic N) is 2. The molecular weight excluding hydrogens is 288 g/mol. The molecule has 3 rings (SSSR count). The van der Waals surface area contributed by atoms with E-state index in [0.29, 0.717) is 28.8 Å². The lowest BCUT2D eigenvalue weighted by Gasteiger charge is -2.03. The van der Waals surface area contributed by atoms with Crippen LogP contribution >= 0.6 is 0 Å². The highest BCUT2D eigenvalue weighted by Gasteiger charge is 2.11. The van der Waals surface area contributed by atoms with Gasteiger partial charge in [0.1, 0.15) is 5.75 Å². The van der Waals surface area contributed by atoms with Crippen molar-refractivity contribution in [3.63, 3.8) is 0 Å². The van der Waals surface area contributed by atoms with Gasteiger partial charge < -0.3 is 18.8 Å². The zero-order valence-corrected chi connectivity index (χ0v) is 11.4. The summed E-state index contributed by atoms with van der Waals surface area (Å²) in [6.07, 6.45) is 1.51. The number of benzene rings is 1. The van der Waals surface area contributed by atoms with Gasteiger partial charge in [0, 0.05) is 0 Å². The lowest BCUT2D eigenvalue weighted by atomic mass is 10.1. The summed E-state index contributed by atoms with van der Waals surface area (Å²) in [4.78, 5) is 14.7. The van der Waals surface area contributed by atoms with Gasteiger partial charge in [0.25, 0.3) is 5.89 Å². The molecule has 1 aromatic carbocycles. The molecule has 7 nitrogen and oxygen atoms in total. The highest BCUT2D eigenvalue weighted by Crippen LogP contribution is 2.17. The molecule has 2 aromatic heterocycles. The molecule has 0 saturated carbocycles. The Morgan fingerprint density at radius 2 is 2.05 bits per heavy atom. The van der Waals surface area contributed by atoms with Crippen LogP contribution in [0.3, 0.4) is 0 Å². The molecule has 3 aromatic rings. The molecule has 0 aliphatic heterocycles. The number of carboxylic acid groups (broad SMARTS) is 1. The minimum atomic E-state index is -0.870. The first-order chi connectivity index (χ1) is 10.7. The van der Waals surface area contributed by atoms with Gasteiger partial charge in [-0.25, -0.2) is 0 Å². The predicted molar refractivity (Wildman–Crippen MR) is 74.1 cm³/mol. The van der Waals surface area contributed by atoms with Crippen molar-refractivity contribution in [3.8, 4) is 17.3 Å². The zero-order chi connectivity index (χ0) is 15.4. The van der Waals surface area contributed by atoms with E-state index in [4.69, 9.17) is 18.8 Å². The standard InChI is InChI=1S/C15H12N2O5/c18-14(19)8-10-3-5-11(6-4-10)21-9-13-16-15(17-22-13)12-2-1-7-20-12/h1-7H,8-9H2,(H,18,19). The summed E-state index contributed by atoms with van der Waals surface area (Å²) in [7, 11) is 0. The smallest absolute Gasteiger partial charge is 0.307 e. The Bertz CT molecular complexity index is 747. The minimum Gasteiger partial charge on any atom is -0.484 e. The third kappa shape index (κ3) is 3.32. The summed E-state index contributed by atoms with van der Waals surface area (Å²) < 4.78 is 15.7. The van der Waals surface area contributed by atoms with E-state index in [1.165, 1.54) is 6.26 Å². The van der Waals surface area contributed by atoms with Gasteiger partial charge in [0.2, 0.25) is 5.82 Å². The van der Waals surface area contributed by atoms with E-state index in [0.717, 1.165) is 0 Å². The van der Waals surface area contributed by atoms with Crippen molar-refractivity contribution < 1.29 is 23.6 Å².